The monoisotopic (exact) mass is 286 g/mol. The van der Waals surface area contributed by atoms with E-state index in [1.165, 1.54) is 24.3 Å². The largest absolute Gasteiger partial charge is 0.462 e. The van der Waals surface area contributed by atoms with Crippen molar-refractivity contribution in [1.82, 2.24) is 4.72 Å². The van der Waals surface area contributed by atoms with Crippen molar-refractivity contribution in [3.63, 3.8) is 0 Å². The summed E-state index contributed by atoms with van der Waals surface area (Å²) in [4.78, 5) is 11.5. The molecule has 0 heterocycles. The van der Waals surface area contributed by atoms with Gasteiger partial charge in [0.2, 0.25) is 10.0 Å². The minimum absolute atomic E-state index is 0.0841. The van der Waals surface area contributed by atoms with E-state index in [0.717, 1.165) is 0 Å². The summed E-state index contributed by atoms with van der Waals surface area (Å²) in [5, 5.41) is 0. The van der Waals surface area contributed by atoms with Crippen molar-refractivity contribution >= 4 is 16.0 Å². The van der Waals surface area contributed by atoms with Gasteiger partial charge in [-0.3, -0.25) is 0 Å². The molecule has 106 valence electrons. The van der Waals surface area contributed by atoms with E-state index in [4.69, 9.17) is 10.5 Å². The van der Waals surface area contributed by atoms with Gasteiger partial charge < -0.3 is 10.5 Å². The summed E-state index contributed by atoms with van der Waals surface area (Å²) in [5.74, 6) is -0.477. The fraction of sp³-hybridized carbons (Fsp3) is 0.417. The number of benzene rings is 1. The number of nitrogens with two attached hydrogens (primary N) is 1. The number of hydrogen-bond donors (Lipinski definition) is 2. The van der Waals surface area contributed by atoms with Gasteiger partial charge in [-0.1, -0.05) is 0 Å². The van der Waals surface area contributed by atoms with Gasteiger partial charge in [-0.25, -0.2) is 17.9 Å². The quantitative estimate of drug-likeness (QED) is 0.741. The molecule has 0 amide bonds. The molecule has 0 spiro atoms. The smallest absolute Gasteiger partial charge is 0.338 e. The first-order valence-corrected chi connectivity index (χ1v) is 7.38. The predicted molar refractivity (Wildman–Crippen MR) is 71.2 cm³/mol. The van der Waals surface area contributed by atoms with Crippen LogP contribution in [0.3, 0.4) is 0 Å². The maximum absolute atomic E-state index is 11.9. The van der Waals surface area contributed by atoms with Crippen LogP contribution in [0.2, 0.25) is 0 Å². The molecular formula is C12H18N2O4S. The third-order valence-electron chi connectivity index (χ3n) is 2.39. The number of carbonyl (C=O) groups is 1. The van der Waals surface area contributed by atoms with E-state index in [9.17, 15) is 13.2 Å². The van der Waals surface area contributed by atoms with Gasteiger partial charge in [0.1, 0.15) is 0 Å². The summed E-state index contributed by atoms with van der Waals surface area (Å²) in [5.41, 5.74) is 5.68. The molecule has 1 aromatic carbocycles. The maximum Gasteiger partial charge on any atom is 0.338 e. The molecular weight excluding hydrogens is 268 g/mol. The van der Waals surface area contributed by atoms with Gasteiger partial charge in [0.05, 0.1) is 17.1 Å². The van der Waals surface area contributed by atoms with E-state index < -0.39 is 16.0 Å². The Morgan fingerprint density at radius 2 is 1.95 bits per heavy atom. The second-order valence-electron chi connectivity index (χ2n) is 4.00. The zero-order chi connectivity index (χ0) is 14.5. The van der Waals surface area contributed by atoms with Gasteiger partial charge in [-0.05, 0) is 38.1 Å². The van der Waals surface area contributed by atoms with Crippen LogP contribution in [-0.2, 0) is 14.8 Å². The van der Waals surface area contributed by atoms with Crippen molar-refractivity contribution in [2.24, 2.45) is 5.73 Å². The summed E-state index contributed by atoms with van der Waals surface area (Å²) in [7, 11) is -3.61. The van der Waals surface area contributed by atoms with E-state index in [1.54, 1.807) is 13.8 Å². The third-order valence-corrected chi connectivity index (χ3v) is 3.99. The van der Waals surface area contributed by atoms with Crippen LogP contribution in [0.5, 0.6) is 0 Å². The zero-order valence-corrected chi connectivity index (χ0v) is 11.7. The Labute approximate surface area is 113 Å². The average Bonchev–Trinajstić information content (AvgIpc) is 2.38. The Morgan fingerprint density at radius 1 is 1.37 bits per heavy atom. The second kappa shape index (κ2) is 6.65. The molecule has 0 radical (unpaired) electrons. The van der Waals surface area contributed by atoms with E-state index in [2.05, 4.69) is 4.72 Å². The molecule has 0 saturated carbocycles. The average molecular weight is 286 g/mol. The molecule has 0 fully saturated rings. The highest BCUT2D eigenvalue weighted by atomic mass is 32.2. The molecule has 0 aliphatic heterocycles. The molecule has 0 saturated heterocycles. The Morgan fingerprint density at radius 3 is 2.42 bits per heavy atom. The van der Waals surface area contributed by atoms with Crippen LogP contribution in [0.4, 0.5) is 0 Å². The topological polar surface area (TPSA) is 98.5 Å². The number of carbonyl (C=O) groups excluding carboxylic acids is 1. The minimum atomic E-state index is -3.61. The summed E-state index contributed by atoms with van der Waals surface area (Å²) in [6, 6.07) is 5.20. The fourth-order valence-electron chi connectivity index (χ4n) is 1.37. The highest BCUT2D eigenvalue weighted by molar-refractivity contribution is 7.89. The summed E-state index contributed by atoms with van der Waals surface area (Å²) in [6.45, 7) is 3.86. The van der Waals surface area contributed by atoms with Crippen molar-refractivity contribution in [2.75, 3.05) is 13.2 Å². The minimum Gasteiger partial charge on any atom is -0.462 e. The Balaban J connectivity index is 2.89. The number of hydrogen-bond acceptors (Lipinski definition) is 5. The molecule has 0 aliphatic rings. The van der Waals surface area contributed by atoms with Gasteiger partial charge in [-0.2, -0.15) is 0 Å². The summed E-state index contributed by atoms with van der Waals surface area (Å²) < 4.78 is 31.1. The predicted octanol–water partition coefficient (Wildman–Crippen LogP) is 0.489. The van der Waals surface area contributed by atoms with Crippen molar-refractivity contribution in [1.29, 1.82) is 0 Å². The van der Waals surface area contributed by atoms with E-state index in [0.29, 0.717) is 5.56 Å². The van der Waals surface area contributed by atoms with E-state index in [-0.39, 0.29) is 24.1 Å². The second-order valence-corrected chi connectivity index (χ2v) is 5.72. The number of sulfonamides is 1. The number of rotatable bonds is 6. The van der Waals surface area contributed by atoms with Gasteiger partial charge in [-0.15, -0.1) is 0 Å². The number of nitrogens with one attached hydrogen (secondary N) is 1. The Bertz CT molecular complexity index is 525. The number of esters is 1. The number of ether oxygens (including phenoxy) is 1. The molecule has 19 heavy (non-hydrogen) atoms. The van der Waals surface area contributed by atoms with Gasteiger partial charge in [0.25, 0.3) is 0 Å². The maximum atomic E-state index is 11.9. The highest BCUT2D eigenvalue weighted by Crippen LogP contribution is 2.11. The lowest BCUT2D eigenvalue weighted by Gasteiger charge is -2.12. The van der Waals surface area contributed by atoms with Crippen LogP contribution in [0, 0.1) is 0 Å². The summed E-state index contributed by atoms with van der Waals surface area (Å²) >= 11 is 0. The molecule has 0 aromatic heterocycles. The normalized spacial score (nSPS) is 13.0. The molecule has 1 rings (SSSR count). The van der Waals surface area contributed by atoms with E-state index >= 15 is 0 Å². The Hall–Kier alpha value is -1.44. The van der Waals surface area contributed by atoms with Gasteiger partial charge >= 0.3 is 5.97 Å². The fourth-order valence-corrected chi connectivity index (χ4v) is 2.62. The molecule has 1 unspecified atom stereocenters. The lowest BCUT2D eigenvalue weighted by Crippen LogP contribution is -2.37. The van der Waals surface area contributed by atoms with Crippen molar-refractivity contribution < 1.29 is 17.9 Å². The molecule has 3 N–H and O–H groups in total. The van der Waals surface area contributed by atoms with Crippen molar-refractivity contribution in [3.05, 3.63) is 29.8 Å². The van der Waals surface area contributed by atoms with Crippen molar-refractivity contribution in [2.45, 2.75) is 24.8 Å². The highest BCUT2D eigenvalue weighted by Gasteiger charge is 2.17. The molecule has 0 aliphatic carbocycles. The van der Waals surface area contributed by atoms with Crippen molar-refractivity contribution in [3.8, 4) is 0 Å². The van der Waals surface area contributed by atoms with Crippen LogP contribution < -0.4 is 10.5 Å². The first kappa shape index (κ1) is 15.6. The zero-order valence-electron chi connectivity index (χ0n) is 10.9. The van der Waals surface area contributed by atoms with Crippen LogP contribution in [0.25, 0.3) is 0 Å². The van der Waals surface area contributed by atoms with Crippen LogP contribution in [-0.4, -0.2) is 33.6 Å². The van der Waals surface area contributed by atoms with Crippen LogP contribution >= 0.6 is 0 Å². The lowest BCUT2D eigenvalue weighted by atomic mass is 10.2. The third kappa shape index (κ3) is 4.30. The standard InChI is InChI=1S/C12H18N2O4S/c1-3-18-12(15)10-4-6-11(7-5-10)19(16,17)14-9(2)8-13/h4-7,9,14H,3,8,13H2,1-2H3. The molecule has 1 aromatic rings. The lowest BCUT2D eigenvalue weighted by molar-refractivity contribution is 0.0526. The first-order chi connectivity index (χ1) is 8.90. The summed E-state index contributed by atoms with van der Waals surface area (Å²) in [6.07, 6.45) is 0. The van der Waals surface area contributed by atoms with Gasteiger partial charge in [0, 0.05) is 12.6 Å². The molecule has 7 heteroatoms. The molecule has 1 atom stereocenters. The van der Waals surface area contributed by atoms with Crippen LogP contribution in [0.1, 0.15) is 24.2 Å². The Kier molecular flexibility index (Phi) is 5.46. The molecule has 6 nitrogen and oxygen atoms in total. The molecule has 0 bridgehead atoms. The van der Waals surface area contributed by atoms with Crippen LogP contribution in [0.15, 0.2) is 29.2 Å². The van der Waals surface area contributed by atoms with Gasteiger partial charge in [0.15, 0.2) is 0 Å². The SMILES string of the molecule is CCOC(=O)c1ccc(S(=O)(=O)NC(C)CN)cc1. The van der Waals surface area contributed by atoms with E-state index in [1.807, 2.05) is 0 Å². The first-order valence-electron chi connectivity index (χ1n) is 5.90.